The molecule has 0 aliphatic carbocycles. The van der Waals surface area contributed by atoms with Gasteiger partial charge in [0.2, 0.25) is 0 Å². The number of rotatable bonds is 4. The highest BCUT2D eigenvalue weighted by atomic mass is 79.9. The minimum atomic E-state index is -0.572. The van der Waals surface area contributed by atoms with Crippen LogP contribution >= 0.6 is 43.2 Å². The smallest absolute Gasteiger partial charge is 0.311 e. The van der Waals surface area contributed by atoms with Gasteiger partial charge >= 0.3 is 5.97 Å². The molecule has 0 aliphatic heterocycles. The Balaban J connectivity index is 2.78. The molecule has 0 bridgehead atoms. The molecule has 1 heterocycles. The molecular formula is C11H15Br2NO2S. The van der Waals surface area contributed by atoms with E-state index in [0.717, 1.165) is 13.1 Å². The normalized spacial score (nSPS) is 13.5. The molecule has 6 heteroatoms. The summed E-state index contributed by atoms with van der Waals surface area (Å²) < 4.78 is 6.77. The maximum absolute atomic E-state index is 11.6. The monoisotopic (exact) mass is 383 g/mol. The topological polar surface area (TPSA) is 52.3 Å². The first-order chi connectivity index (χ1) is 7.77. The molecular weight excluding hydrogens is 370 g/mol. The van der Waals surface area contributed by atoms with Crippen molar-refractivity contribution in [2.75, 3.05) is 7.11 Å². The van der Waals surface area contributed by atoms with Crippen LogP contribution in [-0.2, 0) is 9.53 Å². The molecule has 96 valence electrons. The maximum Gasteiger partial charge on any atom is 0.311 e. The van der Waals surface area contributed by atoms with E-state index in [2.05, 4.69) is 31.9 Å². The molecule has 1 unspecified atom stereocenters. The van der Waals surface area contributed by atoms with E-state index in [1.165, 1.54) is 7.11 Å². The zero-order chi connectivity index (χ0) is 13.2. The molecule has 0 saturated heterocycles. The van der Waals surface area contributed by atoms with E-state index in [-0.39, 0.29) is 12.0 Å². The summed E-state index contributed by atoms with van der Waals surface area (Å²) in [5.74, 6) is -0.234. The number of halogens is 2. The Labute approximate surface area is 122 Å². The number of carbonyl (C=O) groups is 1. The number of carbonyl (C=O) groups excluding carboxylic acids is 1. The fourth-order valence-electron chi connectivity index (χ4n) is 1.56. The number of esters is 1. The minimum absolute atomic E-state index is 0.170. The van der Waals surface area contributed by atoms with Crippen molar-refractivity contribution in [1.29, 1.82) is 0 Å². The van der Waals surface area contributed by atoms with Crippen LogP contribution in [0.5, 0.6) is 0 Å². The Bertz CT molecular complexity index is 398. The zero-order valence-corrected chi connectivity index (χ0v) is 13.9. The fourth-order valence-corrected chi connectivity index (χ4v) is 3.65. The van der Waals surface area contributed by atoms with E-state index in [1.54, 1.807) is 11.3 Å². The average Bonchev–Trinajstić information content (AvgIpc) is 2.57. The first kappa shape index (κ1) is 15.1. The van der Waals surface area contributed by atoms with Gasteiger partial charge in [0.15, 0.2) is 0 Å². The summed E-state index contributed by atoms with van der Waals surface area (Å²) in [6, 6.07) is 1.81. The van der Waals surface area contributed by atoms with Gasteiger partial charge < -0.3 is 10.5 Å². The van der Waals surface area contributed by atoms with Crippen LogP contribution in [0.3, 0.4) is 0 Å². The quantitative estimate of drug-likeness (QED) is 0.801. The molecule has 0 aliphatic rings. The summed E-state index contributed by atoms with van der Waals surface area (Å²) in [6.45, 7) is 3.69. The Kier molecular flexibility index (Phi) is 5.19. The summed E-state index contributed by atoms with van der Waals surface area (Å²) in [7, 11) is 1.40. The largest absolute Gasteiger partial charge is 0.469 e. The summed E-state index contributed by atoms with van der Waals surface area (Å²) in [5.41, 5.74) is 5.54. The second-order valence-corrected chi connectivity index (χ2v) is 7.71. The molecule has 0 fully saturated rings. The van der Waals surface area contributed by atoms with E-state index in [1.807, 2.05) is 19.9 Å². The number of hydrogen-bond donors (Lipinski definition) is 1. The Hall–Kier alpha value is 0.0900. The van der Waals surface area contributed by atoms with E-state index < -0.39 is 5.41 Å². The lowest BCUT2D eigenvalue weighted by molar-refractivity contribution is -0.151. The van der Waals surface area contributed by atoms with Gasteiger partial charge in [0, 0.05) is 15.4 Å². The molecule has 0 amide bonds. The SMILES string of the molecule is COC(=O)C(C)(C)CC(N)c1cc(Br)c(Br)s1. The van der Waals surface area contributed by atoms with Gasteiger partial charge in [-0.3, -0.25) is 4.79 Å². The Morgan fingerprint density at radius 3 is 2.59 bits per heavy atom. The van der Waals surface area contributed by atoms with Crippen molar-refractivity contribution in [3.05, 3.63) is 19.2 Å². The molecule has 0 spiro atoms. The van der Waals surface area contributed by atoms with Crippen molar-refractivity contribution < 1.29 is 9.53 Å². The number of nitrogens with two attached hydrogens (primary N) is 1. The lowest BCUT2D eigenvalue weighted by Crippen LogP contribution is -2.29. The third-order valence-corrected chi connectivity index (χ3v) is 5.89. The molecule has 2 N–H and O–H groups in total. The molecule has 1 rings (SSSR count). The molecule has 1 aromatic rings. The second-order valence-electron chi connectivity index (χ2n) is 4.46. The van der Waals surface area contributed by atoms with Gasteiger partial charge in [-0.05, 0) is 58.2 Å². The lowest BCUT2D eigenvalue weighted by Gasteiger charge is -2.24. The average molecular weight is 385 g/mol. The van der Waals surface area contributed by atoms with Crippen molar-refractivity contribution in [3.8, 4) is 0 Å². The Morgan fingerprint density at radius 2 is 2.18 bits per heavy atom. The van der Waals surface area contributed by atoms with Crippen molar-refractivity contribution in [1.82, 2.24) is 0 Å². The van der Waals surface area contributed by atoms with Crippen molar-refractivity contribution >= 4 is 49.2 Å². The number of hydrogen-bond acceptors (Lipinski definition) is 4. The van der Waals surface area contributed by atoms with Crippen LogP contribution in [0.15, 0.2) is 14.3 Å². The van der Waals surface area contributed by atoms with Crippen LogP contribution in [0.1, 0.15) is 31.2 Å². The minimum Gasteiger partial charge on any atom is -0.469 e. The third-order valence-electron chi connectivity index (χ3n) is 2.50. The summed E-state index contributed by atoms with van der Waals surface area (Å²) in [6.07, 6.45) is 0.555. The van der Waals surface area contributed by atoms with Gasteiger partial charge in [-0.2, -0.15) is 0 Å². The van der Waals surface area contributed by atoms with Crippen LogP contribution in [-0.4, -0.2) is 13.1 Å². The Morgan fingerprint density at radius 1 is 1.59 bits per heavy atom. The van der Waals surface area contributed by atoms with Crippen molar-refractivity contribution in [3.63, 3.8) is 0 Å². The van der Waals surface area contributed by atoms with E-state index >= 15 is 0 Å². The highest BCUT2D eigenvalue weighted by molar-refractivity contribution is 9.13. The predicted octanol–water partition coefficient (Wildman–Crippen LogP) is 3.86. The van der Waals surface area contributed by atoms with Crippen LogP contribution in [0.4, 0.5) is 0 Å². The molecule has 0 aromatic carbocycles. The zero-order valence-electron chi connectivity index (χ0n) is 9.92. The first-order valence-electron chi connectivity index (χ1n) is 5.06. The highest BCUT2D eigenvalue weighted by Gasteiger charge is 2.31. The summed E-state index contributed by atoms with van der Waals surface area (Å²) >= 11 is 8.43. The second kappa shape index (κ2) is 5.82. The maximum atomic E-state index is 11.6. The van der Waals surface area contributed by atoms with Gasteiger partial charge in [0.05, 0.1) is 16.3 Å². The standard InChI is InChI=1S/C11H15Br2NO2S/c1-11(2,10(15)16-3)5-7(14)8-4-6(12)9(13)17-8/h4,7H,5,14H2,1-3H3. The fraction of sp³-hybridized carbons (Fsp3) is 0.545. The lowest BCUT2D eigenvalue weighted by atomic mass is 9.85. The van der Waals surface area contributed by atoms with Gasteiger partial charge in [0.25, 0.3) is 0 Å². The van der Waals surface area contributed by atoms with E-state index in [0.29, 0.717) is 6.42 Å². The van der Waals surface area contributed by atoms with Crippen LogP contribution in [0.25, 0.3) is 0 Å². The molecule has 1 aromatic heterocycles. The van der Waals surface area contributed by atoms with Crippen molar-refractivity contribution in [2.45, 2.75) is 26.3 Å². The molecule has 17 heavy (non-hydrogen) atoms. The number of thiophene rings is 1. The van der Waals surface area contributed by atoms with E-state index in [9.17, 15) is 4.79 Å². The van der Waals surface area contributed by atoms with E-state index in [4.69, 9.17) is 10.5 Å². The predicted molar refractivity (Wildman–Crippen MR) is 77.1 cm³/mol. The van der Waals surface area contributed by atoms with Gasteiger partial charge in [0.1, 0.15) is 0 Å². The molecule has 3 nitrogen and oxygen atoms in total. The summed E-state index contributed by atoms with van der Waals surface area (Å²) in [5, 5.41) is 0. The third kappa shape index (κ3) is 3.77. The number of ether oxygens (including phenoxy) is 1. The first-order valence-corrected chi connectivity index (χ1v) is 7.47. The van der Waals surface area contributed by atoms with Gasteiger partial charge in [-0.25, -0.2) is 0 Å². The van der Waals surface area contributed by atoms with Crippen LogP contribution in [0.2, 0.25) is 0 Å². The van der Waals surface area contributed by atoms with Gasteiger partial charge in [-0.1, -0.05) is 0 Å². The van der Waals surface area contributed by atoms with Crippen molar-refractivity contribution in [2.24, 2.45) is 11.1 Å². The number of methoxy groups -OCH3 is 1. The molecule has 0 saturated carbocycles. The molecule has 0 radical (unpaired) electrons. The van der Waals surface area contributed by atoms with Crippen LogP contribution < -0.4 is 5.73 Å². The molecule has 1 atom stereocenters. The van der Waals surface area contributed by atoms with Gasteiger partial charge in [-0.15, -0.1) is 11.3 Å². The summed E-state index contributed by atoms with van der Waals surface area (Å²) in [4.78, 5) is 12.6. The van der Waals surface area contributed by atoms with Crippen LogP contribution in [0, 0.1) is 5.41 Å². The highest BCUT2D eigenvalue weighted by Crippen LogP contribution is 2.38.